The summed E-state index contributed by atoms with van der Waals surface area (Å²) >= 11 is 0. The van der Waals surface area contributed by atoms with Crippen LogP contribution in [0, 0.1) is 0 Å². The predicted molar refractivity (Wildman–Crippen MR) is 31.8 cm³/mol. The minimum atomic E-state index is -2.71. The number of hydrogen-bond donors (Lipinski definition) is 2. The van der Waals surface area contributed by atoms with E-state index in [4.69, 9.17) is 5.11 Å². The second-order valence-electron chi connectivity index (χ2n) is 1.92. The van der Waals surface area contributed by atoms with E-state index in [0.29, 0.717) is 0 Å². The van der Waals surface area contributed by atoms with Crippen LogP contribution >= 0.6 is 0 Å². The van der Waals surface area contributed by atoms with Gasteiger partial charge in [0.1, 0.15) is 6.10 Å². The van der Waals surface area contributed by atoms with E-state index >= 15 is 0 Å². The Hall–Kier alpha value is -0.900. The van der Waals surface area contributed by atoms with Gasteiger partial charge in [0.15, 0.2) is 0 Å². The minimum absolute atomic E-state index is 0.218. The van der Waals surface area contributed by atoms with Crippen LogP contribution in [0.5, 0.6) is 0 Å². The summed E-state index contributed by atoms with van der Waals surface area (Å²) in [5, 5.41) is 8.72. The van der Waals surface area contributed by atoms with Gasteiger partial charge in [0.25, 0.3) is 6.43 Å². The zero-order chi connectivity index (χ0) is 7.56. The van der Waals surface area contributed by atoms with Crippen LogP contribution in [0.3, 0.4) is 0 Å². The fraction of sp³-hybridized carbons (Fsp3) is 0.333. The molecule has 1 aromatic heterocycles. The van der Waals surface area contributed by atoms with Gasteiger partial charge < -0.3 is 10.1 Å². The van der Waals surface area contributed by atoms with Crippen molar-refractivity contribution in [2.45, 2.75) is 12.5 Å². The van der Waals surface area contributed by atoms with Crippen LogP contribution in [0.4, 0.5) is 8.78 Å². The lowest BCUT2D eigenvalue weighted by Gasteiger charge is -2.04. The third kappa shape index (κ3) is 1.33. The first-order chi connectivity index (χ1) is 4.72. The van der Waals surface area contributed by atoms with E-state index in [-0.39, 0.29) is 5.56 Å². The Morgan fingerprint density at radius 1 is 1.50 bits per heavy atom. The quantitative estimate of drug-likeness (QED) is 0.650. The highest BCUT2D eigenvalue weighted by molar-refractivity contribution is 5.12. The summed E-state index contributed by atoms with van der Waals surface area (Å²) in [7, 11) is 0. The predicted octanol–water partition coefficient (Wildman–Crippen LogP) is 1.31. The van der Waals surface area contributed by atoms with Crippen molar-refractivity contribution in [3.63, 3.8) is 0 Å². The fourth-order valence-corrected chi connectivity index (χ4v) is 0.666. The minimum Gasteiger partial charge on any atom is -0.382 e. The smallest absolute Gasteiger partial charge is 0.268 e. The molecule has 1 aromatic rings. The maximum absolute atomic E-state index is 11.7. The Morgan fingerprint density at radius 2 is 2.20 bits per heavy atom. The lowest BCUT2D eigenvalue weighted by molar-refractivity contribution is -0.00570. The van der Waals surface area contributed by atoms with Gasteiger partial charge in [-0.15, -0.1) is 0 Å². The molecule has 1 atom stereocenters. The Balaban J connectivity index is 2.68. The number of rotatable bonds is 2. The molecule has 0 aliphatic rings. The van der Waals surface area contributed by atoms with Crippen LogP contribution in [-0.4, -0.2) is 16.5 Å². The van der Waals surface area contributed by atoms with E-state index in [9.17, 15) is 8.78 Å². The van der Waals surface area contributed by atoms with Crippen LogP contribution < -0.4 is 0 Å². The van der Waals surface area contributed by atoms with Crippen molar-refractivity contribution in [1.29, 1.82) is 0 Å². The van der Waals surface area contributed by atoms with E-state index in [2.05, 4.69) is 4.98 Å². The summed E-state index contributed by atoms with van der Waals surface area (Å²) in [6.45, 7) is 0. The normalized spacial score (nSPS) is 14.0. The maximum atomic E-state index is 11.7. The molecule has 0 aliphatic heterocycles. The number of aromatic amines is 1. The topological polar surface area (TPSA) is 36.0 Å². The maximum Gasteiger partial charge on any atom is 0.268 e. The molecule has 1 heterocycles. The van der Waals surface area contributed by atoms with Gasteiger partial charge in [0.2, 0.25) is 0 Å². The summed E-state index contributed by atoms with van der Waals surface area (Å²) in [6.07, 6.45) is -1.54. The Bertz CT molecular complexity index is 186. The Labute approximate surface area is 56.5 Å². The number of aliphatic hydroxyl groups is 1. The molecule has 10 heavy (non-hydrogen) atoms. The number of halogens is 2. The molecule has 56 valence electrons. The molecule has 0 amide bonds. The molecule has 1 rings (SSSR count). The molecule has 0 aromatic carbocycles. The SMILES string of the molecule is OC(c1cc[nH]c1)C(F)F. The first-order valence-corrected chi connectivity index (χ1v) is 2.80. The summed E-state index contributed by atoms with van der Waals surface area (Å²) in [6, 6.07) is 1.41. The van der Waals surface area contributed by atoms with Gasteiger partial charge in [-0.25, -0.2) is 8.78 Å². The van der Waals surface area contributed by atoms with E-state index < -0.39 is 12.5 Å². The second kappa shape index (κ2) is 2.79. The number of alkyl halides is 2. The van der Waals surface area contributed by atoms with E-state index in [0.717, 1.165) is 0 Å². The van der Waals surface area contributed by atoms with Crippen molar-refractivity contribution in [3.05, 3.63) is 24.0 Å². The zero-order valence-corrected chi connectivity index (χ0v) is 5.09. The molecule has 4 heteroatoms. The lowest BCUT2D eigenvalue weighted by atomic mass is 10.2. The molecule has 0 radical (unpaired) electrons. The van der Waals surface area contributed by atoms with Gasteiger partial charge in [0, 0.05) is 18.0 Å². The number of aromatic nitrogens is 1. The second-order valence-corrected chi connectivity index (χ2v) is 1.92. The van der Waals surface area contributed by atoms with Crippen LogP contribution in [0.15, 0.2) is 18.5 Å². The molecule has 0 aliphatic carbocycles. The Morgan fingerprint density at radius 3 is 2.60 bits per heavy atom. The van der Waals surface area contributed by atoms with Gasteiger partial charge in [-0.2, -0.15) is 0 Å². The van der Waals surface area contributed by atoms with Crippen molar-refractivity contribution in [3.8, 4) is 0 Å². The van der Waals surface area contributed by atoms with Gasteiger partial charge in [0.05, 0.1) is 0 Å². The average molecular weight is 147 g/mol. The molecule has 0 bridgehead atoms. The Kier molecular flexibility index (Phi) is 2.01. The highest BCUT2D eigenvalue weighted by Crippen LogP contribution is 2.18. The number of nitrogens with one attached hydrogen (secondary N) is 1. The molecule has 0 saturated carbocycles. The van der Waals surface area contributed by atoms with Crippen molar-refractivity contribution in [2.24, 2.45) is 0 Å². The number of hydrogen-bond acceptors (Lipinski definition) is 1. The van der Waals surface area contributed by atoms with Gasteiger partial charge >= 0.3 is 0 Å². The molecule has 2 nitrogen and oxygen atoms in total. The largest absolute Gasteiger partial charge is 0.382 e. The van der Waals surface area contributed by atoms with Crippen molar-refractivity contribution in [1.82, 2.24) is 4.98 Å². The molecular formula is C6H7F2NO. The summed E-state index contributed by atoms with van der Waals surface area (Å²) in [5.41, 5.74) is 0.218. The van der Waals surface area contributed by atoms with Crippen LogP contribution in [-0.2, 0) is 0 Å². The van der Waals surface area contributed by atoms with Gasteiger partial charge in [-0.05, 0) is 6.07 Å². The van der Waals surface area contributed by atoms with Crippen LogP contribution in [0.1, 0.15) is 11.7 Å². The van der Waals surface area contributed by atoms with E-state index in [1.165, 1.54) is 18.5 Å². The molecular weight excluding hydrogens is 140 g/mol. The third-order valence-electron chi connectivity index (χ3n) is 1.20. The highest BCUT2D eigenvalue weighted by atomic mass is 19.3. The molecule has 0 fully saturated rings. The molecule has 1 unspecified atom stereocenters. The van der Waals surface area contributed by atoms with E-state index in [1.807, 2.05) is 0 Å². The lowest BCUT2D eigenvalue weighted by Crippen LogP contribution is -2.06. The van der Waals surface area contributed by atoms with Crippen molar-refractivity contribution in [2.75, 3.05) is 0 Å². The standard InChI is InChI=1S/C6H7F2NO/c7-6(8)5(10)4-1-2-9-3-4/h1-3,5-6,9-10H. The summed E-state index contributed by atoms with van der Waals surface area (Å²) in [5.74, 6) is 0. The van der Waals surface area contributed by atoms with E-state index in [1.54, 1.807) is 0 Å². The monoisotopic (exact) mass is 147 g/mol. The van der Waals surface area contributed by atoms with Crippen molar-refractivity contribution < 1.29 is 13.9 Å². The third-order valence-corrected chi connectivity index (χ3v) is 1.20. The van der Waals surface area contributed by atoms with Gasteiger partial charge in [-0.3, -0.25) is 0 Å². The summed E-state index contributed by atoms with van der Waals surface area (Å²) in [4.78, 5) is 2.57. The number of aliphatic hydroxyl groups excluding tert-OH is 1. The van der Waals surface area contributed by atoms with Gasteiger partial charge in [-0.1, -0.05) is 0 Å². The first-order valence-electron chi connectivity index (χ1n) is 2.80. The highest BCUT2D eigenvalue weighted by Gasteiger charge is 2.18. The fourth-order valence-electron chi connectivity index (χ4n) is 0.666. The molecule has 0 saturated heterocycles. The summed E-state index contributed by atoms with van der Waals surface area (Å²) < 4.78 is 23.5. The first kappa shape index (κ1) is 7.21. The number of H-pyrrole nitrogens is 1. The molecule has 0 spiro atoms. The van der Waals surface area contributed by atoms with Crippen molar-refractivity contribution >= 4 is 0 Å². The average Bonchev–Trinajstić information content (AvgIpc) is 2.36. The molecule has 2 N–H and O–H groups in total. The van der Waals surface area contributed by atoms with Crippen LogP contribution in [0.2, 0.25) is 0 Å². The van der Waals surface area contributed by atoms with Crippen LogP contribution in [0.25, 0.3) is 0 Å². The zero-order valence-electron chi connectivity index (χ0n) is 5.09.